The Morgan fingerprint density at radius 3 is 2.68 bits per heavy atom. The average molecular weight is 300 g/mol. The minimum atomic E-state index is -0.308. The molecule has 0 bridgehead atoms. The molecule has 1 amide bonds. The number of aromatic nitrogens is 2. The van der Waals surface area contributed by atoms with Gasteiger partial charge in [-0.15, -0.1) is 0 Å². The number of anilines is 2. The van der Waals surface area contributed by atoms with Gasteiger partial charge in [0.05, 0.1) is 12.6 Å². The fourth-order valence-corrected chi connectivity index (χ4v) is 2.57. The third-order valence-corrected chi connectivity index (χ3v) is 3.65. The molecule has 1 aliphatic rings. The number of carbonyl (C=O) groups excluding carboxylic acids is 1. The Bertz CT molecular complexity index is 653. The summed E-state index contributed by atoms with van der Waals surface area (Å²) in [7, 11) is 0. The number of halogens is 1. The minimum Gasteiger partial charge on any atom is -0.355 e. The monoisotopic (exact) mass is 300 g/mol. The molecule has 0 unspecified atom stereocenters. The number of carbonyl (C=O) groups is 1. The molecule has 1 fully saturated rings. The lowest BCUT2D eigenvalue weighted by atomic mass is 10.1. The summed E-state index contributed by atoms with van der Waals surface area (Å²) in [5.41, 5.74) is 1.38. The van der Waals surface area contributed by atoms with E-state index >= 15 is 0 Å². The summed E-state index contributed by atoms with van der Waals surface area (Å²) in [5, 5.41) is 2.85. The zero-order valence-corrected chi connectivity index (χ0v) is 12.1. The highest BCUT2D eigenvalue weighted by atomic mass is 19.1. The van der Waals surface area contributed by atoms with E-state index in [-0.39, 0.29) is 18.1 Å². The number of benzene rings is 1. The smallest absolute Gasteiger partial charge is 0.228 e. The van der Waals surface area contributed by atoms with Crippen molar-refractivity contribution in [1.82, 2.24) is 9.97 Å². The van der Waals surface area contributed by atoms with Gasteiger partial charge in [0.1, 0.15) is 17.8 Å². The van der Waals surface area contributed by atoms with Gasteiger partial charge >= 0.3 is 0 Å². The van der Waals surface area contributed by atoms with Gasteiger partial charge in [0.25, 0.3) is 0 Å². The largest absolute Gasteiger partial charge is 0.355 e. The van der Waals surface area contributed by atoms with Gasteiger partial charge in [0, 0.05) is 13.1 Å². The predicted octanol–water partition coefficient (Wildman–Crippen LogP) is 2.40. The van der Waals surface area contributed by atoms with Crippen molar-refractivity contribution in [2.24, 2.45) is 0 Å². The zero-order chi connectivity index (χ0) is 15.4. The summed E-state index contributed by atoms with van der Waals surface area (Å²) in [6, 6.07) is 5.92. The Balaban J connectivity index is 1.69. The molecule has 6 heteroatoms. The van der Waals surface area contributed by atoms with Crippen molar-refractivity contribution in [1.29, 1.82) is 0 Å². The molecule has 1 aliphatic heterocycles. The molecule has 2 heterocycles. The minimum absolute atomic E-state index is 0.165. The Morgan fingerprint density at radius 1 is 1.23 bits per heavy atom. The van der Waals surface area contributed by atoms with Crippen LogP contribution in [0.5, 0.6) is 0 Å². The maximum atomic E-state index is 12.9. The zero-order valence-electron chi connectivity index (χ0n) is 12.1. The first-order valence-corrected chi connectivity index (χ1v) is 7.31. The van der Waals surface area contributed by atoms with E-state index in [2.05, 4.69) is 20.2 Å². The highest BCUT2D eigenvalue weighted by molar-refractivity contribution is 5.94. The lowest BCUT2D eigenvalue weighted by Gasteiger charge is -2.19. The average Bonchev–Trinajstić information content (AvgIpc) is 3.04. The van der Waals surface area contributed by atoms with E-state index < -0.39 is 0 Å². The van der Waals surface area contributed by atoms with E-state index in [1.165, 1.54) is 18.5 Å². The standard InChI is InChI=1S/C16H17FN4O/c17-13-5-3-12(4-6-13)9-15(22)20-14-10-18-11-19-16(14)21-7-1-2-8-21/h3-6,10-11H,1-2,7-9H2,(H,20,22). The topological polar surface area (TPSA) is 58.1 Å². The third-order valence-electron chi connectivity index (χ3n) is 3.65. The summed E-state index contributed by atoms with van der Waals surface area (Å²) < 4.78 is 12.9. The molecule has 0 saturated carbocycles. The van der Waals surface area contributed by atoms with E-state index in [1.807, 2.05) is 0 Å². The van der Waals surface area contributed by atoms with E-state index in [0.29, 0.717) is 5.69 Å². The summed E-state index contributed by atoms with van der Waals surface area (Å²) >= 11 is 0. The third kappa shape index (κ3) is 3.39. The molecule has 0 atom stereocenters. The van der Waals surface area contributed by atoms with Gasteiger partial charge in [-0.1, -0.05) is 12.1 Å². The summed E-state index contributed by atoms with van der Waals surface area (Å²) in [6.45, 7) is 1.88. The van der Waals surface area contributed by atoms with Crippen LogP contribution in [-0.2, 0) is 11.2 Å². The number of hydrogen-bond donors (Lipinski definition) is 1. The highest BCUT2D eigenvalue weighted by Gasteiger charge is 2.18. The Hall–Kier alpha value is -2.50. The van der Waals surface area contributed by atoms with E-state index in [4.69, 9.17) is 0 Å². The first-order valence-electron chi connectivity index (χ1n) is 7.31. The number of nitrogens with one attached hydrogen (secondary N) is 1. The van der Waals surface area contributed by atoms with E-state index in [0.717, 1.165) is 37.3 Å². The van der Waals surface area contributed by atoms with Crippen LogP contribution in [0.15, 0.2) is 36.8 Å². The maximum Gasteiger partial charge on any atom is 0.228 e. The highest BCUT2D eigenvalue weighted by Crippen LogP contribution is 2.25. The van der Waals surface area contributed by atoms with Crippen LogP contribution in [0.1, 0.15) is 18.4 Å². The molecule has 0 aliphatic carbocycles. The summed E-state index contributed by atoms with van der Waals surface area (Å²) in [5.74, 6) is 0.291. The number of hydrogen-bond acceptors (Lipinski definition) is 4. The fraction of sp³-hybridized carbons (Fsp3) is 0.312. The SMILES string of the molecule is O=C(Cc1ccc(F)cc1)Nc1cncnc1N1CCCC1. The molecular formula is C16H17FN4O. The second-order valence-electron chi connectivity index (χ2n) is 5.31. The number of amides is 1. The van der Waals surface area contributed by atoms with Crippen LogP contribution in [0, 0.1) is 5.82 Å². The van der Waals surface area contributed by atoms with Gasteiger partial charge < -0.3 is 10.2 Å². The molecule has 1 aromatic carbocycles. The van der Waals surface area contributed by atoms with Gasteiger partial charge in [-0.3, -0.25) is 4.79 Å². The second kappa shape index (κ2) is 6.51. The van der Waals surface area contributed by atoms with Crippen molar-refractivity contribution >= 4 is 17.4 Å². The van der Waals surface area contributed by atoms with Crippen LogP contribution in [0.25, 0.3) is 0 Å². The van der Waals surface area contributed by atoms with E-state index in [9.17, 15) is 9.18 Å². The van der Waals surface area contributed by atoms with Crippen molar-refractivity contribution < 1.29 is 9.18 Å². The predicted molar refractivity (Wildman–Crippen MR) is 82.2 cm³/mol. The number of nitrogens with zero attached hydrogens (tertiary/aromatic N) is 3. The van der Waals surface area contributed by atoms with Crippen molar-refractivity contribution in [3.8, 4) is 0 Å². The van der Waals surface area contributed by atoms with Crippen LogP contribution in [-0.4, -0.2) is 29.0 Å². The molecule has 0 radical (unpaired) electrons. The van der Waals surface area contributed by atoms with Crippen LogP contribution >= 0.6 is 0 Å². The van der Waals surface area contributed by atoms with Gasteiger partial charge in [-0.25, -0.2) is 14.4 Å². The molecule has 1 aromatic heterocycles. The van der Waals surface area contributed by atoms with Gasteiger partial charge in [0.2, 0.25) is 5.91 Å². The van der Waals surface area contributed by atoms with Crippen molar-refractivity contribution in [3.05, 3.63) is 48.2 Å². The van der Waals surface area contributed by atoms with Crippen molar-refractivity contribution in [2.45, 2.75) is 19.3 Å². The second-order valence-corrected chi connectivity index (χ2v) is 5.31. The quantitative estimate of drug-likeness (QED) is 0.942. The van der Waals surface area contributed by atoms with Gasteiger partial charge in [-0.2, -0.15) is 0 Å². The maximum absolute atomic E-state index is 12.9. The Morgan fingerprint density at radius 2 is 1.95 bits per heavy atom. The molecule has 3 rings (SSSR count). The lowest BCUT2D eigenvalue weighted by molar-refractivity contribution is -0.115. The molecule has 5 nitrogen and oxygen atoms in total. The molecule has 22 heavy (non-hydrogen) atoms. The van der Waals surface area contributed by atoms with Crippen molar-refractivity contribution in [3.63, 3.8) is 0 Å². The van der Waals surface area contributed by atoms with Crippen LogP contribution < -0.4 is 10.2 Å². The summed E-state index contributed by atoms with van der Waals surface area (Å²) in [4.78, 5) is 22.6. The molecular weight excluding hydrogens is 283 g/mol. The van der Waals surface area contributed by atoms with Crippen LogP contribution in [0.3, 0.4) is 0 Å². The van der Waals surface area contributed by atoms with E-state index in [1.54, 1.807) is 18.3 Å². The number of rotatable bonds is 4. The van der Waals surface area contributed by atoms with Crippen molar-refractivity contribution in [2.75, 3.05) is 23.3 Å². The Labute approximate surface area is 128 Å². The summed E-state index contributed by atoms with van der Waals surface area (Å²) in [6.07, 6.45) is 5.56. The first kappa shape index (κ1) is 14.4. The van der Waals surface area contributed by atoms with Crippen LogP contribution in [0.4, 0.5) is 15.9 Å². The fourth-order valence-electron chi connectivity index (χ4n) is 2.57. The van der Waals surface area contributed by atoms with Gasteiger partial charge in [-0.05, 0) is 30.5 Å². The van der Waals surface area contributed by atoms with Gasteiger partial charge in [0.15, 0.2) is 5.82 Å². The first-order chi connectivity index (χ1) is 10.7. The molecule has 0 spiro atoms. The lowest BCUT2D eigenvalue weighted by Crippen LogP contribution is -2.23. The molecule has 2 aromatic rings. The molecule has 1 saturated heterocycles. The Kier molecular flexibility index (Phi) is 4.27. The molecule has 1 N–H and O–H groups in total. The molecule has 114 valence electrons. The van der Waals surface area contributed by atoms with Crippen LogP contribution in [0.2, 0.25) is 0 Å². The normalized spacial score (nSPS) is 14.1.